The Morgan fingerprint density at radius 1 is 1.06 bits per heavy atom. The maximum atomic E-state index is 14.6. The summed E-state index contributed by atoms with van der Waals surface area (Å²) in [5.41, 5.74) is -2.17. The van der Waals surface area contributed by atoms with E-state index in [2.05, 4.69) is 27.8 Å². The Morgan fingerprint density at radius 2 is 1.72 bits per heavy atom. The number of rotatable bonds is 13. The quantitative estimate of drug-likeness (QED) is 0.165. The van der Waals surface area contributed by atoms with Crippen molar-refractivity contribution in [2.75, 3.05) is 32.1 Å². The molecule has 50 heavy (non-hydrogen) atoms. The van der Waals surface area contributed by atoms with Crippen LogP contribution in [-0.4, -0.2) is 104 Å². The number of carbonyl (C=O) groups is 5. The summed E-state index contributed by atoms with van der Waals surface area (Å²) in [5.74, 6) is -2.68. The van der Waals surface area contributed by atoms with E-state index in [9.17, 15) is 32.4 Å². The van der Waals surface area contributed by atoms with Crippen molar-refractivity contribution in [3.8, 4) is 0 Å². The molecule has 0 aromatic rings. The zero-order valence-electron chi connectivity index (χ0n) is 31.2. The van der Waals surface area contributed by atoms with E-state index in [0.29, 0.717) is 25.7 Å². The largest absolute Gasteiger partial charge is 0.379 e. The minimum atomic E-state index is -3.52. The molecule has 5 amide bonds. The first-order valence-electron chi connectivity index (χ1n) is 18.2. The second-order valence-corrected chi connectivity index (χ2v) is 18.5. The zero-order valence-corrected chi connectivity index (χ0v) is 32.0. The molecule has 284 valence electrons. The molecule has 3 rings (SSSR count). The molecule has 0 bridgehead atoms. The molecule has 0 radical (unpaired) electrons. The van der Waals surface area contributed by atoms with Crippen LogP contribution in [0.25, 0.3) is 0 Å². The average Bonchev–Trinajstić information content (AvgIpc) is 3.04. The van der Waals surface area contributed by atoms with Crippen LogP contribution in [0.5, 0.6) is 0 Å². The zero-order chi connectivity index (χ0) is 37.5. The Kier molecular flexibility index (Phi) is 14.1. The lowest BCUT2D eigenvalue weighted by Gasteiger charge is -2.49. The van der Waals surface area contributed by atoms with Gasteiger partial charge in [0, 0.05) is 13.1 Å². The van der Waals surface area contributed by atoms with Gasteiger partial charge >= 0.3 is 6.03 Å². The van der Waals surface area contributed by atoms with Crippen molar-refractivity contribution >= 4 is 39.4 Å². The maximum Gasteiger partial charge on any atom is 0.315 e. The fourth-order valence-corrected chi connectivity index (χ4v) is 9.26. The molecule has 3 fully saturated rings. The molecule has 2 unspecified atom stereocenters. The smallest absolute Gasteiger partial charge is 0.315 e. The third-order valence-electron chi connectivity index (χ3n) is 10.9. The first-order valence-corrected chi connectivity index (χ1v) is 19.9. The van der Waals surface area contributed by atoms with Gasteiger partial charge in [0.1, 0.15) is 17.3 Å². The minimum absolute atomic E-state index is 0.000154. The summed E-state index contributed by atoms with van der Waals surface area (Å²) >= 11 is 0. The van der Waals surface area contributed by atoms with Crippen LogP contribution in [0.3, 0.4) is 0 Å². The number of carbonyl (C=O) groups excluding carboxylic acids is 5. The van der Waals surface area contributed by atoms with Gasteiger partial charge in [0.25, 0.3) is 5.91 Å². The van der Waals surface area contributed by atoms with Crippen LogP contribution >= 0.6 is 0 Å². The second kappa shape index (κ2) is 17.0. The average molecular weight is 724 g/mol. The monoisotopic (exact) mass is 723 g/mol. The Labute approximate surface area is 298 Å². The first kappa shape index (κ1) is 41.4. The highest BCUT2D eigenvalue weighted by Gasteiger charge is 2.51. The number of ether oxygens (including phenoxy) is 1. The predicted octanol–water partition coefficient (Wildman–Crippen LogP) is 3.03. The number of nitrogens with zero attached hydrogens (tertiary/aromatic N) is 1. The number of unbranched alkanes of at least 4 members (excludes halogenated alkanes) is 1. The highest BCUT2D eigenvalue weighted by atomic mass is 32.2. The van der Waals surface area contributed by atoms with E-state index in [0.717, 1.165) is 25.7 Å². The lowest BCUT2D eigenvalue weighted by atomic mass is 9.71. The van der Waals surface area contributed by atoms with E-state index in [1.807, 2.05) is 48.5 Å². The van der Waals surface area contributed by atoms with Gasteiger partial charge in [0.2, 0.25) is 17.6 Å². The number of piperidine rings is 1. The van der Waals surface area contributed by atoms with Gasteiger partial charge in [-0.25, -0.2) is 13.2 Å². The third kappa shape index (κ3) is 10.1. The van der Waals surface area contributed by atoms with Crippen molar-refractivity contribution in [2.45, 2.75) is 135 Å². The van der Waals surface area contributed by atoms with Gasteiger partial charge in [-0.15, -0.1) is 6.58 Å². The lowest BCUT2D eigenvalue weighted by molar-refractivity contribution is -0.151. The maximum absolute atomic E-state index is 14.6. The Bertz CT molecular complexity index is 1370. The molecule has 4 N–H and O–H groups in total. The first-order chi connectivity index (χ1) is 23.3. The van der Waals surface area contributed by atoms with Gasteiger partial charge in [-0.1, -0.05) is 86.6 Å². The standard InChI is InChI=1S/C36H61N5O8S/c1-9-11-15-25(28(42)31(44)37-18-10-2)38-30(43)26-21-35(7,8)24(3)22-41(26)32(45)29(34(4,5)6)39-33(46)40-36(16-13-12-14-17-36)27-23-49-19-20-50(27,47)48/h10,24-27,29H,2,9,11-23H2,1,3-8H3,(H,37,44)(H,38,43)(H2,39,40,46)/t24?,25-,26-,27?,29+/m0/s1. The summed E-state index contributed by atoms with van der Waals surface area (Å²) in [6.45, 7) is 17.5. The Hall–Kier alpha value is -3.00. The van der Waals surface area contributed by atoms with Crippen LogP contribution in [0.2, 0.25) is 0 Å². The molecule has 2 heterocycles. The molecule has 3 aliphatic rings. The number of Topliss-reactive ketones (excluding diaryl/α,β-unsaturated/α-hetero) is 1. The van der Waals surface area contributed by atoms with E-state index in [4.69, 9.17) is 4.74 Å². The number of hydrogen-bond donors (Lipinski definition) is 4. The molecule has 14 heteroatoms. The highest BCUT2D eigenvalue weighted by Crippen LogP contribution is 2.40. The van der Waals surface area contributed by atoms with E-state index in [1.165, 1.54) is 11.0 Å². The van der Waals surface area contributed by atoms with Crippen LogP contribution in [0.4, 0.5) is 4.79 Å². The summed E-state index contributed by atoms with van der Waals surface area (Å²) in [6.07, 6.45) is 6.76. The van der Waals surface area contributed by atoms with Crippen molar-refractivity contribution in [1.29, 1.82) is 0 Å². The van der Waals surface area contributed by atoms with Crippen LogP contribution in [0.1, 0.15) is 106 Å². The molecule has 2 saturated heterocycles. The fourth-order valence-electron chi connectivity index (χ4n) is 7.34. The van der Waals surface area contributed by atoms with E-state index in [-0.39, 0.29) is 49.8 Å². The van der Waals surface area contributed by atoms with Crippen molar-refractivity contribution < 1.29 is 37.1 Å². The van der Waals surface area contributed by atoms with Crippen molar-refractivity contribution in [2.24, 2.45) is 16.7 Å². The predicted molar refractivity (Wildman–Crippen MR) is 192 cm³/mol. The van der Waals surface area contributed by atoms with Crippen molar-refractivity contribution in [1.82, 2.24) is 26.2 Å². The molecule has 2 aliphatic heterocycles. The van der Waals surface area contributed by atoms with Crippen LogP contribution in [0.15, 0.2) is 12.7 Å². The van der Waals surface area contributed by atoms with Crippen LogP contribution < -0.4 is 21.3 Å². The van der Waals surface area contributed by atoms with Gasteiger partial charge in [0.15, 0.2) is 9.84 Å². The topological polar surface area (TPSA) is 180 Å². The van der Waals surface area contributed by atoms with Gasteiger partial charge in [0.05, 0.1) is 30.5 Å². The van der Waals surface area contributed by atoms with Crippen molar-refractivity contribution in [3.63, 3.8) is 0 Å². The molecular formula is C36H61N5O8S. The van der Waals surface area contributed by atoms with Crippen LogP contribution in [0, 0.1) is 16.7 Å². The Balaban J connectivity index is 1.90. The minimum Gasteiger partial charge on any atom is -0.379 e. The number of sulfone groups is 1. The number of nitrogens with one attached hydrogen (secondary N) is 4. The number of hydrogen-bond acceptors (Lipinski definition) is 8. The molecule has 1 aliphatic carbocycles. The third-order valence-corrected chi connectivity index (χ3v) is 13.1. The second-order valence-electron chi connectivity index (χ2n) is 16.2. The van der Waals surface area contributed by atoms with E-state index >= 15 is 0 Å². The molecule has 0 aromatic heterocycles. The van der Waals surface area contributed by atoms with Gasteiger partial charge in [-0.3, -0.25) is 19.2 Å². The van der Waals surface area contributed by atoms with Gasteiger partial charge < -0.3 is 30.9 Å². The number of amides is 5. The molecule has 5 atom stereocenters. The SMILES string of the molecule is C=CCNC(=O)C(=O)[C@H](CCCC)NC(=O)[C@@H]1CC(C)(C)C(C)CN1C(=O)[C@@H](NC(=O)NC1(C2COCCS2(=O)=O)CCCCC1)C(C)(C)C. The molecule has 0 spiro atoms. The molecular weight excluding hydrogens is 662 g/mol. The molecule has 0 aromatic carbocycles. The summed E-state index contributed by atoms with van der Waals surface area (Å²) < 4.78 is 32.0. The number of likely N-dealkylation sites (tertiary alicyclic amines) is 1. The van der Waals surface area contributed by atoms with Gasteiger partial charge in [-0.2, -0.15) is 0 Å². The number of urea groups is 1. The number of ketones is 1. The Morgan fingerprint density at radius 3 is 2.30 bits per heavy atom. The van der Waals surface area contributed by atoms with E-state index < -0.39 is 73.7 Å². The van der Waals surface area contributed by atoms with E-state index in [1.54, 1.807) is 0 Å². The fraction of sp³-hybridized carbons (Fsp3) is 0.806. The summed E-state index contributed by atoms with van der Waals surface area (Å²) in [4.78, 5) is 69.8. The molecule has 13 nitrogen and oxygen atoms in total. The summed E-state index contributed by atoms with van der Waals surface area (Å²) in [6, 6.07) is -3.76. The summed E-state index contributed by atoms with van der Waals surface area (Å²) in [7, 11) is -3.52. The normalized spacial score (nSPS) is 25.7. The van der Waals surface area contributed by atoms with Crippen molar-refractivity contribution in [3.05, 3.63) is 12.7 Å². The van der Waals surface area contributed by atoms with Gasteiger partial charge in [-0.05, 0) is 42.4 Å². The highest BCUT2D eigenvalue weighted by molar-refractivity contribution is 7.92. The molecule has 1 saturated carbocycles. The van der Waals surface area contributed by atoms with Crippen LogP contribution in [-0.2, 0) is 33.8 Å². The lowest BCUT2D eigenvalue weighted by Crippen LogP contribution is -2.68. The summed E-state index contributed by atoms with van der Waals surface area (Å²) in [5, 5.41) is 10.3.